The van der Waals surface area contributed by atoms with E-state index in [4.69, 9.17) is 37.9 Å². The molecular formula is C39H40Cl2N6O4. The molecule has 7 rings (SSSR count). The summed E-state index contributed by atoms with van der Waals surface area (Å²) < 4.78 is 7.21. The monoisotopic (exact) mass is 726 g/mol. The maximum absolute atomic E-state index is 13.5. The zero-order chi connectivity index (χ0) is 35.9. The summed E-state index contributed by atoms with van der Waals surface area (Å²) in [5, 5.41) is 20.8. The Kier molecular flexibility index (Phi) is 9.88. The highest BCUT2D eigenvalue weighted by Crippen LogP contribution is 2.42. The normalized spacial score (nSPS) is 20.0. The van der Waals surface area contributed by atoms with Crippen molar-refractivity contribution in [3.8, 4) is 39.4 Å². The van der Waals surface area contributed by atoms with E-state index in [-0.39, 0.29) is 23.6 Å². The Morgan fingerprint density at radius 3 is 2.37 bits per heavy atom. The van der Waals surface area contributed by atoms with Gasteiger partial charge < -0.3 is 25.8 Å². The Hall–Kier alpha value is -4.32. The zero-order valence-corrected chi connectivity index (χ0v) is 30.2. The molecule has 0 unspecified atom stereocenters. The molecule has 2 aliphatic rings. The molecule has 10 nitrogen and oxygen atoms in total. The number of carbonyl (C=O) groups is 1. The van der Waals surface area contributed by atoms with Gasteiger partial charge in [-0.15, -0.1) is 0 Å². The van der Waals surface area contributed by atoms with Crippen LogP contribution in [0.4, 0.5) is 0 Å². The van der Waals surface area contributed by atoms with Gasteiger partial charge in [0.25, 0.3) is 5.56 Å². The van der Waals surface area contributed by atoms with Crippen LogP contribution in [0, 0.1) is 6.92 Å². The predicted molar refractivity (Wildman–Crippen MR) is 200 cm³/mol. The first-order chi connectivity index (χ1) is 24.5. The summed E-state index contributed by atoms with van der Waals surface area (Å²) >= 11 is 14.2. The fraction of sp³-hybridized carbons (Fsp3) is 0.333. The molecule has 12 heteroatoms. The van der Waals surface area contributed by atoms with Gasteiger partial charge in [-0.2, -0.15) is 0 Å². The van der Waals surface area contributed by atoms with Crippen LogP contribution in [0.5, 0.6) is 5.88 Å². The van der Waals surface area contributed by atoms with Crippen LogP contribution in [0.25, 0.3) is 39.2 Å². The number of nitrogens with one attached hydrogen (secondary N) is 3. The number of ether oxygens (including phenoxy) is 1. The summed E-state index contributed by atoms with van der Waals surface area (Å²) in [5.74, 6) is 0.587. The predicted octanol–water partition coefficient (Wildman–Crippen LogP) is 6.09. The minimum Gasteiger partial charge on any atom is -0.481 e. The van der Waals surface area contributed by atoms with Crippen LogP contribution >= 0.6 is 23.2 Å². The fourth-order valence-corrected chi connectivity index (χ4v) is 7.75. The number of amides is 1. The third-order valence-corrected chi connectivity index (χ3v) is 10.7. The molecule has 4 N–H and O–H groups in total. The average Bonchev–Trinajstić information content (AvgIpc) is 3.52. The van der Waals surface area contributed by atoms with Crippen molar-refractivity contribution in [2.75, 3.05) is 13.7 Å². The van der Waals surface area contributed by atoms with Crippen LogP contribution in [0.2, 0.25) is 10.0 Å². The molecule has 5 aromatic rings. The summed E-state index contributed by atoms with van der Waals surface area (Å²) in [6.07, 6.45) is 4.45. The first-order valence-electron chi connectivity index (χ1n) is 17.1. The van der Waals surface area contributed by atoms with Crippen LogP contribution in [-0.2, 0) is 17.9 Å². The Morgan fingerprint density at radius 1 is 0.980 bits per heavy atom. The third kappa shape index (κ3) is 7.24. The minimum absolute atomic E-state index is 0.0939. The van der Waals surface area contributed by atoms with Gasteiger partial charge in [0.2, 0.25) is 11.8 Å². The topological polar surface area (TPSA) is 130 Å². The highest BCUT2D eigenvalue weighted by molar-refractivity contribution is 6.39. The number of benzene rings is 2. The SMILES string of the molecule is COc1nc(-c2cccc(-c3cccc(-c4ccn5c(=O)c(CN[C@H]6C[C@@](C)(O)C6)c(C)nc5c4)c3Cl)c2Cl)ccc1CNC[C@@H]1CCC(=O)N1. The van der Waals surface area contributed by atoms with Crippen LogP contribution in [0.15, 0.2) is 71.7 Å². The molecule has 0 bridgehead atoms. The second-order valence-electron chi connectivity index (χ2n) is 13.7. The summed E-state index contributed by atoms with van der Waals surface area (Å²) in [4.78, 5) is 34.5. The molecule has 0 radical (unpaired) electrons. The Balaban J connectivity index is 1.13. The number of halogens is 2. The van der Waals surface area contributed by atoms with Crippen LogP contribution < -0.4 is 26.2 Å². The van der Waals surface area contributed by atoms with E-state index in [1.165, 1.54) is 0 Å². The lowest BCUT2D eigenvalue weighted by Crippen LogP contribution is -2.51. The van der Waals surface area contributed by atoms with Gasteiger partial charge in [-0.3, -0.25) is 14.0 Å². The summed E-state index contributed by atoms with van der Waals surface area (Å²) in [6.45, 7) is 5.28. The number of methoxy groups -OCH3 is 1. The number of aliphatic hydroxyl groups is 1. The van der Waals surface area contributed by atoms with Crippen LogP contribution in [0.1, 0.15) is 49.4 Å². The second-order valence-corrected chi connectivity index (χ2v) is 14.5. The molecule has 1 atom stereocenters. The Morgan fingerprint density at radius 2 is 1.69 bits per heavy atom. The molecule has 1 saturated carbocycles. The van der Waals surface area contributed by atoms with Gasteiger partial charge in [-0.05, 0) is 56.9 Å². The van der Waals surface area contributed by atoms with Gasteiger partial charge in [0, 0.05) is 77.8 Å². The van der Waals surface area contributed by atoms with Gasteiger partial charge in [0.15, 0.2) is 0 Å². The average molecular weight is 728 g/mol. The summed E-state index contributed by atoms with van der Waals surface area (Å²) in [5.41, 5.74) is 6.42. The third-order valence-electron chi connectivity index (χ3n) is 9.87. The van der Waals surface area contributed by atoms with Gasteiger partial charge in [0.05, 0.1) is 34.0 Å². The quantitative estimate of drug-likeness (QED) is 0.129. The van der Waals surface area contributed by atoms with Gasteiger partial charge >= 0.3 is 0 Å². The maximum Gasteiger partial charge on any atom is 0.262 e. The van der Waals surface area contributed by atoms with E-state index in [9.17, 15) is 14.7 Å². The van der Waals surface area contributed by atoms with E-state index in [0.29, 0.717) is 77.4 Å². The van der Waals surface area contributed by atoms with Crippen LogP contribution in [0.3, 0.4) is 0 Å². The van der Waals surface area contributed by atoms with E-state index in [1.54, 1.807) is 17.7 Å². The van der Waals surface area contributed by atoms with Crippen molar-refractivity contribution < 1.29 is 14.6 Å². The van der Waals surface area contributed by atoms with E-state index in [0.717, 1.165) is 39.8 Å². The number of aromatic nitrogens is 3. The number of fused-ring (bicyclic) bond motifs is 1. The van der Waals surface area contributed by atoms with Gasteiger partial charge in [0.1, 0.15) is 5.65 Å². The Labute approximate surface area is 306 Å². The molecule has 4 heterocycles. The van der Waals surface area contributed by atoms with Crippen molar-refractivity contribution in [2.24, 2.45) is 0 Å². The lowest BCUT2D eigenvalue weighted by molar-refractivity contribution is -0.119. The number of hydrogen-bond acceptors (Lipinski definition) is 8. The molecule has 1 aliphatic carbocycles. The minimum atomic E-state index is -0.638. The molecule has 51 heavy (non-hydrogen) atoms. The molecule has 3 aromatic heterocycles. The smallest absolute Gasteiger partial charge is 0.262 e. The molecular weight excluding hydrogens is 687 g/mol. The highest BCUT2D eigenvalue weighted by Gasteiger charge is 2.38. The molecule has 0 spiro atoms. The van der Waals surface area contributed by atoms with Gasteiger partial charge in [-0.1, -0.05) is 65.7 Å². The standard InChI is InChI=1S/C39H40Cl2N6O4/c1-22-31(21-43-26-17-39(2,50)18-26)38(49)47-15-14-23(16-33(47)44-22)27-6-4-7-28(35(27)40)29-8-5-9-30(36(29)41)32-12-10-24(37(46-32)51-3)19-42-20-25-11-13-34(48)45-25/h4-10,12,14-16,25-26,42-43,50H,11,13,17-21H2,1-3H3,(H,45,48)/t25-,26-,39+/m0/s1. The molecule has 1 aliphatic heterocycles. The first-order valence-corrected chi connectivity index (χ1v) is 17.9. The first kappa shape index (κ1) is 35.1. The van der Waals surface area contributed by atoms with E-state index >= 15 is 0 Å². The van der Waals surface area contributed by atoms with Crippen molar-refractivity contribution in [3.05, 3.63) is 104 Å². The van der Waals surface area contributed by atoms with Crippen molar-refractivity contribution in [3.63, 3.8) is 0 Å². The van der Waals surface area contributed by atoms with Crippen molar-refractivity contribution in [2.45, 2.75) is 70.3 Å². The second kappa shape index (κ2) is 14.4. The van der Waals surface area contributed by atoms with Crippen LogP contribution in [-0.4, -0.2) is 56.7 Å². The number of carbonyl (C=O) groups excluding carboxylic acids is 1. The van der Waals surface area contributed by atoms with E-state index in [2.05, 4.69) is 16.0 Å². The lowest BCUT2D eigenvalue weighted by Gasteiger charge is -2.41. The molecule has 2 fully saturated rings. The largest absolute Gasteiger partial charge is 0.481 e. The van der Waals surface area contributed by atoms with Crippen molar-refractivity contribution >= 4 is 34.8 Å². The van der Waals surface area contributed by atoms with Crippen molar-refractivity contribution in [1.29, 1.82) is 0 Å². The number of hydrogen-bond donors (Lipinski definition) is 4. The Bertz CT molecular complexity index is 2200. The summed E-state index contributed by atoms with van der Waals surface area (Å²) in [6, 6.07) is 19.5. The number of nitrogens with zero attached hydrogens (tertiary/aromatic N) is 3. The van der Waals surface area contributed by atoms with Crippen molar-refractivity contribution in [1.82, 2.24) is 30.3 Å². The number of rotatable bonds is 11. The zero-order valence-electron chi connectivity index (χ0n) is 28.7. The van der Waals surface area contributed by atoms with Gasteiger partial charge in [-0.25, -0.2) is 9.97 Å². The molecule has 264 valence electrons. The summed E-state index contributed by atoms with van der Waals surface area (Å²) in [7, 11) is 1.59. The number of pyridine rings is 2. The molecule has 2 aromatic carbocycles. The van der Waals surface area contributed by atoms with E-state index < -0.39 is 5.60 Å². The lowest BCUT2D eigenvalue weighted by atomic mass is 9.77. The highest BCUT2D eigenvalue weighted by atomic mass is 35.5. The maximum atomic E-state index is 13.5. The molecule has 1 saturated heterocycles. The number of aryl methyl sites for hydroxylation is 1. The van der Waals surface area contributed by atoms with E-state index in [1.807, 2.05) is 74.5 Å². The molecule has 1 amide bonds. The fourth-order valence-electron chi connectivity index (χ4n) is 7.09.